The maximum atomic E-state index is 12.5. The Morgan fingerprint density at radius 2 is 1.63 bits per heavy atom. The van der Waals surface area contributed by atoms with Gasteiger partial charge in [0.1, 0.15) is 5.56 Å². The minimum Gasteiger partial charge on any atom is -0.325 e. The van der Waals surface area contributed by atoms with Crippen molar-refractivity contribution in [2.45, 2.75) is 20.8 Å². The Bertz CT molecular complexity index is 927. The molecule has 0 atom stereocenters. The molecule has 0 fully saturated rings. The van der Waals surface area contributed by atoms with E-state index in [1.807, 2.05) is 0 Å². The molecule has 0 bridgehead atoms. The van der Waals surface area contributed by atoms with Gasteiger partial charge in [-0.05, 0) is 18.2 Å². The number of hydroxylamine groups is 2. The normalized spacial score (nSPS) is 13.4. The third kappa shape index (κ3) is 3.41. The minimum absolute atomic E-state index is 0.0772. The number of hydrogen-bond acceptors (Lipinski definition) is 6. The molecule has 1 N–H and O–H groups in total. The van der Waals surface area contributed by atoms with E-state index in [-0.39, 0.29) is 28.3 Å². The van der Waals surface area contributed by atoms with Crippen LogP contribution in [-0.2, 0) is 9.63 Å². The lowest BCUT2D eigenvalue weighted by molar-refractivity contribution is -0.123. The van der Waals surface area contributed by atoms with Gasteiger partial charge in [0.25, 0.3) is 11.8 Å². The Morgan fingerprint density at radius 1 is 1.04 bits per heavy atom. The van der Waals surface area contributed by atoms with Crippen molar-refractivity contribution in [1.82, 2.24) is 10.0 Å². The first-order valence-corrected chi connectivity index (χ1v) is 8.15. The van der Waals surface area contributed by atoms with Crippen molar-refractivity contribution in [3.8, 4) is 0 Å². The van der Waals surface area contributed by atoms with Crippen molar-refractivity contribution >= 4 is 29.4 Å². The van der Waals surface area contributed by atoms with Gasteiger partial charge in [0.05, 0.1) is 16.8 Å². The number of amides is 3. The SMILES string of the molecule is CC(C)(C)C(=O)Nc1ccncc1C(=O)ON1C(=O)c2ccccc2C1=O. The number of carbonyl (C=O) groups is 4. The maximum absolute atomic E-state index is 12.5. The van der Waals surface area contributed by atoms with Crippen LogP contribution < -0.4 is 5.32 Å². The molecule has 138 valence electrons. The highest BCUT2D eigenvalue weighted by molar-refractivity contribution is 6.21. The van der Waals surface area contributed by atoms with Gasteiger partial charge < -0.3 is 10.2 Å². The lowest BCUT2D eigenvalue weighted by Gasteiger charge is -2.19. The minimum atomic E-state index is -0.984. The van der Waals surface area contributed by atoms with Crippen LogP contribution in [-0.4, -0.2) is 33.7 Å². The van der Waals surface area contributed by atoms with Crippen LogP contribution in [0.5, 0.6) is 0 Å². The number of nitrogens with one attached hydrogen (secondary N) is 1. The molecule has 8 heteroatoms. The maximum Gasteiger partial charge on any atom is 0.367 e. The van der Waals surface area contributed by atoms with E-state index in [1.54, 1.807) is 32.9 Å². The fourth-order valence-electron chi connectivity index (χ4n) is 2.36. The van der Waals surface area contributed by atoms with Crippen molar-refractivity contribution in [3.63, 3.8) is 0 Å². The molecule has 0 radical (unpaired) electrons. The molecule has 0 unspecified atom stereocenters. The van der Waals surface area contributed by atoms with Crippen LogP contribution in [0.2, 0.25) is 0 Å². The molecule has 3 rings (SSSR count). The zero-order chi connectivity index (χ0) is 19.8. The second-order valence-electron chi connectivity index (χ2n) is 6.95. The summed E-state index contributed by atoms with van der Waals surface area (Å²) in [4.78, 5) is 58.2. The van der Waals surface area contributed by atoms with Crippen LogP contribution in [0.1, 0.15) is 51.8 Å². The van der Waals surface area contributed by atoms with Crippen molar-refractivity contribution in [3.05, 3.63) is 59.4 Å². The summed E-state index contributed by atoms with van der Waals surface area (Å²) in [6.45, 7) is 5.17. The molecule has 27 heavy (non-hydrogen) atoms. The van der Waals surface area contributed by atoms with E-state index in [2.05, 4.69) is 10.3 Å². The fraction of sp³-hybridized carbons (Fsp3) is 0.211. The van der Waals surface area contributed by atoms with Gasteiger partial charge in [0.15, 0.2) is 0 Å². The molecule has 0 saturated carbocycles. The molecule has 1 aromatic carbocycles. The smallest absolute Gasteiger partial charge is 0.325 e. The van der Waals surface area contributed by atoms with Crippen molar-refractivity contribution in [2.24, 2.45) is 5.41 Å². The molecule has 1 aliphatic heterocycles. The van der Waals surface area contributed by atoms with Gasteiger partial charge in [-0.1, -0.05) is 38.0 Å². The largest absolute Gasteiger partial charge is 0.367 e. The van der Waals surface area contributed by atoms with Gasteiger partial charge in [0, 0.05) is 17.8 Å². The van der Waals surface area contributed by atoms with Gasteiger partial charge in [-0.3, -0.25) is 19.4 Å². The van der Waals surface area contributed by atoms with Crippen LogP contribution in [0.4, 0.5) is 5.69 Å². The lowest BCUT2D eigenvalue weighted by Crippen LogP contribution is -2.33. The fourth-order valence-corrected chi connectivity index (χ4v) is 2.36. The summed E-state index contributed by atoms with van der Waals surface area (Å²) in [6, 6.07) is 7.60. The topological polar surface area (TPSA) is 106 Å². The third-order valence-corrected chi connectivity index (χ3v) is 3.90. The summed E-state index contributed by atoms with van der Waals surface area (Å²) in [5.74, 6) is -2.76. The quantitative estimate of drug-likeness (QED) is 0.835. The third-order valence-electron chi connectivity index (χ3n) is 3.90. The van der Waals surface area contributed by atoms with Gasteiger partial charge in [-0.2, -0.15) is 0 Å². The van der Waals surface area contributed by atoms with Gasteiger partial charge in [-0.25, -0.2) is 4.79 Å². The average molecular weight is 367 g/mol. The Labute approximate surface area is 155 Å². The molecule has 0 saturated heterocycles. The summed E-state index contributed by atoms with van der Waals surface area (Å²) in [5, 5.41) is 3.04. The molecular weight excluding hydrogens is 350 g/mol. The molecule has 1 aliphatic rings. The molecule has 2 aromatic rings. The highest BCUT2D eigenvalue weighted by atomic mass is 16.7. The van der Waals surface area contributed by atoms with Gasteiger partial charge in [0.2, 0.25) is 5.91 Å². The number of anilines is 1. The molecule has 8 nitrogen and oxygen atoms in total. The van der Waals surface area contributed by atoms with E-state index in [0.29, 0.717) is 5.06 Å². The molecule has 1 aromatic heterocycles. The number of aromatic nitrogens is 1. The average Bonchev–Trinajstić information content (AvgIpc) is 2.86. The first kappa shape index (κ1) is 18.2. The van der Waals surface area contributed by atoms with E-state index in [4.69, 9.17) is 4.84 Å². The van der Waals surface area contributed by atoms with E-state index in [0.717, 1.165) is 0 Å². The van der Waals surface area contributed by atoms with Crippen LogP contribution in [0.15, 0.2) is 42.7 Å². The number of imide groups is 1. The number of nitrogens with zero attached hydrogens (tertiary/aromatic N) is 2. The lowest BCUT2D eigenvalue weighted by atomic mass is 9.95. The standard InChI is InChI=1S/C19H17N3O5/c1-19(2,3)18(26)21-14-8-9-20-10-13(14)17(25)27-22-15(23)11-6-4-5-7-12(11)16(22)24/h4-10H,1-3H3,(H,20,21,26). The zero-order valence-corrected chi connectivity index (χ0v) is 15.0. The molecule has 0 aliphatic carbocycles. The molecule has 0 spiro atoms. The number of benzene rings is 1. The summed E-state index contributed by atoms with van der Waals surface area (Å²) in [5.41, 5.74) is -0.281. The van der Waals surface area contributed by atoms with E-state index >= 15 is 0 Å². The summed E-state index contributed by atoms with van der Waals surface area (Å²) < 4.78 is 0. The van der Waals surface area contributed by atoms with Crippen LogP contribution in [0, 0.1) is 5.41 Å². The summed E-state index contributed by atoms with van der Waals surface area (Å²) >= 11 is 0. The van der Waals surface area contributed by atoms with Crippen LogP contribution >= 0.6 is 0 Å². The van der Waals surface area contributed by atoms with E-state index < -0.39 is 23.2 Å². The first-order valence-electron chi connectivity index (χ1n) is 8.15. The first-order chi connectivity index (χ1) is 12.7. The van der Waals surface area contributed by atoms with E-state index in [1.165, 1.54) is 30.6 Å². The van der Waals surface area contributed by atoms with Crippen molar-refractivity contribution in [2.75, 3.05) is 5.32 Å². The predicted molar refractivity (Wildman–Crippen MR) is 94.7 cm³/mol. The Morgan fingerprint density at radius 3 is 2.19 bits per heavy atom. The molecule has 2 heterocycles. The van der Waals surface area contributed by atoms with Crippen molar-refractivity contribution in [1.29, 1.82) is 0 Å². The Kier molecular flexibility index (Phi) is 4.49. The predicted octanol–water partition coefficient (Wildman–Crippen LogP) is 2.43. The van der Waals surface area contributed by atoms with Crippen LogP contribution in [0.3, 0.4) is 0 Å². The van der Waals surface area contributed by atoms with Gasteiger partial charge >= 0.3 is 5.97 Å². The molecule has 3 amide bonds. The van der Waals surface area contributed by atoms with E-state index in [9.17, 15) is 19.2 Å². The summed E-state index contributed by atoms with van der Waals surface area (Å²) in [6.07, 6.45) is 2.59. The number of hydrogen-bond donors (Lipinski definition) is 1. The second-order valence-corrected chi connectivity index (χ2v) is 6.95. The monoisotopic (exact) mass is 367 g/mol. The van der Waals surface area contributed by atoms with Crippen LogP contribution in [0.25, 0.3) is 0 Å². The summed E-state index contributed by atoms with van der Waals surface area (Å²) in [7, 11) is 0. The highest BCUT2D eigenvalue weighted by Crippen LogP contribution is 2.25. The van der Waals surface area contributed by atoms with Gasteiger partial charge in [-0.15, -0.1) is 0 Å². The Balaban J connectivity index is 1.83. The second kappa shape index (κ2) is 6.64. The zero-order valence-electron chi connectivity index (χ0n) is 15.0. The van der Waals surface area contributed by atoms with Crippen molar-refractivity contribution < 1.29 is 24.0 Å². The number of rotatable bonds is 3. The number of fused-ring (bicyclic) bond motifs is 1. The molecular formula is C19H17N3O5. The Hall–Kier alpha value is -3.55. The number of carbonyl (C=O) groups excluding carboxylic acids is 4. The number of pyridine rings is 1. The highest BCUT2D eigenvalue weighted by Gasteiger charge is 2.39.